The van der Waals surface area contributed by atoms with Gasteiger partial charge in [0.25, 0.3) is 0 Å². The van der Waals surface area contributed by atoms with Crippen LogP contribution in [0, 0.1) is 0 Å². The lowest BCUT2D eigenvalue weighted by molar-refractivity contribution is -0.00910. The number of ether oxygens (including phenoxy) is 1. The van der Waals surface area contributed by atoms with Gasteiger partial charge in [0.1, 0.15) is 0 Å². The summed E-state index contributed by atoms with van der Waals surface area (Å²) in [5.74, 6) is 0. The van der Waals surface area contributed by atoms with E-state index in [1.165, 1.54) is 0 Å². The van der Waals surface area contributed by atoms with Crippen LogP contribution in [0.1, 0.15) is 26.7 Å². The summed E-state index contributed by atoms with van der Waals surface area (Å²) in [6, 6.07) is 3.80. The Morgan fingerprint density at radius 1 is 1.39 bits per heavy atom. The van der Waals surface area contributed by atoms with Gasteiger partial charge in [0.2, 0.25) is 0 Å². The molecular weight excluding hydrogens is 337 g/mol. The second-order valence-electron chi connectivity index (χ2n) is 5.14. The Morgan fingerprint density at radius 3 is 2.72 bits per heavy atom. The molecule has 1 saturated heterocycles. The van der Waals surface area contributed by atoms with E-state index in [2.05, 4.69) is 35.1 Å². The number of hydrogen-bond acceptors (Lipinski definition) is 2. The molecule has 0 spiro atoms. The summed E-state index contributed by atoms with van der Waals surface area (Å²) < 4.78 is 6.72. The standard InChI is InChI=1S/C13H16BrCl2NO/c1-13(2)6-5-8(18-13)7-17-10-4-3-9(14)11(15)12(10)16/h3-4,8,17H,5-7H2,1-2H3. The maximum Gasteiger partial charge on any atom is 0.0835 e. The molecule has 2 nitrogen and oxygen atoms in total. The SMILES string of the molecule is CC1(C)CCC(CNc2ccc(Br)c(Cl)c2Cl)O1. The monoisotopic (exact) mass is 351 g/mol. The van der Waals surface area contributed by atoms with Crippen LogP contribution in [0.25, 0.3) is 0 Å². The number of rotatable bonds is 3. The Balaban J connectivity index is 1.97. The van der Waals surface area contributed by atoms with Crippen LogP contribution in [0.3, 0.4) is 0 Å². The zero-order valence-electron chi connectivity index (χ0n) is 10.4. The maximum absolute atomic E-state index is 6.17. The van der Waals surface area contributed by atoms with E-state index in [1.807, 2.05) is 12.1 Å². The molecule has 1 N–H and O–H groups in total. The Bertz CT molecular complexity index is 451. The minimum atomic E-state index is -0.00645. The van der Waals surface area contributed by atoms with Crippen LogP contribution in [0.2, 0.25) is 10.0 Å². The molecular formula is C13H16BrCl2NO. The van der Waals surface area contributed by atoms with Crippen molar-refractivity contribution in [2.45, 2.75) is 38.4 Å². The molecule has 0 bridgehead atoms. The van der Waals surface area contributed by atoms with Gasteiger partial charge >= 0.3 is 0 Å². The lowest BCUT2D eigenvalue weighted by Gasteiger charge is -2.20. The summed E-state index contributed by atoms with van der Waals surface area (Å²) in [5.41, 5.74) is 0.839. The smallest absolute Gasteiger partial charge is 0.0835 e. The largest absolute Gasteiger partial charge is 0.381 e. The summed E-state index contributed by atoms with van der Waals surface area (Å²) in [5, 5.41) is 4.38. The van der Waals surface area contributed by atoms with Crippen LogP contribution in [0.15, 0.2) is 16.6 Å². The Hall–Kier alpha value is 0.0400. The summed E-state index contributed by atoms with van der Waals surface area (Å²) in [7, 11) is 0. The molecule has 1 fully saturated rings. The average molecular weight is 353 g/mol. The molecule has 1 aromatic carbocycles. The number of halogens is 3. The first-order chi connectivity index (χ1) is 8.39. The van der Waals surface area contributed by atoms with Gasteiger partial charge in [-0.15, -0.1) is 0 Å². The molecule has 1 atom stereocenters. The van der Waals surface area contributed by atoms with Gasteiger partial charge in [-0.1, -0.05) is 23.2 Å². The van der Waals surface area contributed by atoms with Gasteiger partial charge in [0.15, 0.2) is 0 Å². The minimum Gasteiger partial charge on any atom is -0.381 e. The zero-order valence-corrected chi connectivity index (χ0v) is 13.5. The van der Waals surface area contributed by atoms with Gasteiger partial charge < -0.3 is 10.1 Å². The van der Waals surface area contributed by atoms with Crippen LogP contribution in [0.5, 0.6) is 0 Å². The van der Waals surface area contributed by atoms with Crippen molar-refractivity contribution in [1.29, 1.82) is 0 Å². The van der Waals surface area contributed by atoms with Crippen molar-refractivity contribution in [1.82, 2.24) is 0 Å². The van der Waals surface area contributed by atoms with E-state index >= 15 is 0 Å². The number of hydrogen-bond donors (Lipinski definition) is 1. The fraction of sp³-hybridized carbons (Fsp3) is 0.538. The number of anilines is 1. The summed E-state index contributed by atoms with van der Waals surface area (Å²) in [6.07, 6.45) is 2.40. The van der Waals surface area contributed by atoms with Crippen molar-refractivity contribution in [2.75, 3.05) is 11.9 Å². The summed E-state index contributed by atoms with van der Waals surface area (Å²) >= 11 is 15.6. The van der Waals surface area contributed by atoms with Gasteiger partial charge in [-0.05, 0) is 54.8 Å². The minimum absolute atomic E-state index is 0.00645. The van der Waals surface area contributed by atoms with Crippen molar-refractivity contribution < 1.29 is 4.74 Å². The normalized spacial score (nSPS) is 22.2. The van der Waals surface area contributed by atoms with E-state index in [9.17, 15) is 0 Å². The third-order valence-corrected chi connectivity index (χ3v) is 4.88. The van der Waals surface area contributed by atoms with Crippen LogP contribution < -0.4 is 5.32 Å². The second kappa shape index (κ2) is 5.58. The Labute approximate surface area is 126 Å². The van der Waals surface area contributed by atoms with Crippen LogP contribution in [0.4, 0.5) is 5.69 Å². The highest BCUT2D eigenvalue weighted by atomic mass is 79.9. The first kappa shape index (κ1) is 14.4. The van der Waals surface area contributed by atoms with Crippen molar-refractivity contribution in [3.63, 3.8) is 0 Å². The van der Waals surface area contributed by atoms with Crippen LogP contribution >= 0.6 is 39.1 Å². The maximum atomic E-state index is 6.17. The highest BCUT2D eigenvalue weighted by molar-refractivity contribution is 9.10. The van der Waals surface area contributed by atoms with Crippen LogP contribution in [-0.2, 0) is 4.74 Å². The first-order valence-corrected chi connectivity index (χ1v) is 7.49. The fourth-order valence-electron chi connectivity index (χ4n) is 2.11. The van der Waals surface area contributed by atoms with Crippen molar-refractivity contribution in [3.8, 4) is 0 Å². The molecule has 1 aliphatic heterocycles. The molecule has 1 aromatic rings. The molecule has 5 heteroatoms. The van der Waals surface area contributed by atoms with Gasteiger partial charge in [-0.25, -0.2) is 0 Å². The summed E-state index contributed by atoms with van der Waals surface area (Å²) in [4.78, 5) is 0. The predicted molar refractivity (Wildman–Crippen MR) is 80.8 cm³/mol. The van der Waals surface area contributed by atoms with E-state index in [1.54, 1.807) is 0 Å². The number of benzene rings is 1. The van der Waals surface area contributed by atoms with Gasteiger partial charge in [-0.3, -0.25) is 0 Å². The molecule has 0 saturated carbocycles. The van der Waals surface area contributed by atoms with Crippen LogP contribution in [-0.4, -0.2) is 18.2 Å². The van der Waals surface area contributed by atoms with E-state index in [4.69, 9.17) is 27.9 Å². The van der Waals surface area contributed by atoms with Gasteiger partial charge in [0.05, 0.1) is 27.4 Å². The lowest BCUT2D eigenvalue weighted by atomic mass is 10.1. The Kier molecular flexibility index (Phi) is 4.48. The van der Waals surface area contributed by atoms with Gasteiger partial charge in [-0.2, -0.15) is 0 Å². The highest BCUT2D eigenvalue weighted by Crippen LogP contribution is 2.36. The fourth-order valence-corrected chi connectivity index (χ4v) is 2.95. The molecule has 0 radical (unpaired) electrons. The molecule has 1 heterocycles. The van der Waals surface area contributed by atoms with E-state index in [0.717, 1.165) is 29.5 Å². The van der Waals surface area contributed by atoms with Crippen molar-refractivity contribution in [3.05, 3.63) is 26.7 Å². The Morgan fingerprint density at radius 2 is 2.11 bits per heavy atom. The second-order valence-corrected chi connectivity index (χ2v) is 6.75. The molecule has 0 amide bonds. The van der Waals surface area contributed by atoms with E-state index in [-0.39, 0.29) is 11.7 Å². The molecule has 100 valence electrons. The molecule has 0 aliphatic carbocycles. The lowest BCUT2D eigenvalue weighted by Crippen LogP contribution is -2.24. The average Bonchev–Trinajstić information content (AvgIpc) is 2.65. The van der Waals surface area contributed by atoms with Gasteiger partial charge in [0, 0.05) is 11.0 Å². The van der Waals surface area contributed by atoms with Crippen molar-refractivity contribution in [2.24, 2.45) is 0 Å². The molecule has 1 unspecified atom stereocenters. The highest BCUT2D eigenvalue weighted by Gasteiger charge is 2.31. The zero-order chi connectivity index (χ0) is 13.3. The molecule has 2 rings (SSSR count). The first-order valence-electron chi connectivity index (χ1n) is 5.94. The molecule has 1 aliphatic rings. The van der Waals surface area contributed by atoms with Crippen molar-refractivity contribution >= 4 is 44.8 Å². The third kappa shape index (κ3) is 3.32. The predicted octanol–water partition coefficient (Wildman–Crippen LogP) is 5.13. The molecule has 18 heavy (non-hydrogen) atoms. The quantitative estimate of drug-likeness (QED) is 0.761. The van der Waals surface area contributed by atoms with E-state index < -0.39 is 0 Å². The summed E-state index contributed by atoms with van der Waals surface area (Å²) in [6.45, 7) is 4.99. The topological polar surface area (TPSA) is 21.3 Å². The molecule has 0 aromatic heterocycles. The third-order valence-electron chi connectivity index (χ3n) is 3.11. The van der Waals surface area contributed by atoms with E-state index in [0.29, 0.717) is 10.0 Å². The number of nitrogens with one attached hydrogen (secondary N) is 1.